The van der Waals surface area contributed by atoms with Crippen molar-refractivity contribution < 1.29 is 14.3 Å². The zero-order valence-electron chi connectivity index (χ0n) is 16.0. The van der Waals surface area contributed by atoms with Gasteiger partial charge >= 0.3 is 0 Å². The number of carbonyl (C=O) groups is 2. The molecule has 2 saturated heterocycles. The Bertz CT molecular complexity index is 660. The van der Waals surface area contributed by atoms with Gasteiger partial charge in [-0.1, -0.05) is 12.1 Å². The molecule has 0 saturated carbocycles. The maximum Gasteiger partial charge on any atom is 0.256 e. The van der Waals surface area contributed by atoms with Gasteiger partial charge < -0.3 is 19.9 Å². The van der Waals surface area contributed by atoms with Gasteiger partial charge in [0, 0.05) is 31.9 Å². The van der Waals surface area contributed by atoms with E-state index in [9.17, 15) is 9.59 Å². The summed E-state index contributed by atoms with van der Waals surface area (Å²) in [5, 5.41) is 3.21. The summed E-state index contributed by atoms with van der Waals surface area (Å²) in [6.45, 7) is 8.94. The summed E-state index contributed by atoms with van der Waals surface area (Å²) >= 11 is 0. The first-order chi connectivity index (χ1) is 12.5. The number of benzene rings is 1. The molecule has 1 N–H and O–H groups in total. The molecule has 0 aliphatic carbocycles. The van der Waals surface area contributed by atoms with Crippen molar-refractivity contribution in [2.24, 2.45) is 0 Å². The van der Waals surface area contributed by atoms with Gasteiger partial charge in [0.15, 0.2) is 0 Å². The zero-order chi connectivity index (χ0) is 18.7. The Morgan fingerprint density at radius 3 is 2.42 bits per heavy atom. The van der Waals surface area contributed by atoms with Gasteiger partial charge in [-0.15, -0.1) is 0 Å². The van der Waals surface area contributed by atoms with Crippen LogP contribution in [0.3, 0.4) is 0 Å². The lowest BCUT2D eigenvalue weighted by molar-refractivity contribution is -0.141. The van der Waals surface area contributed by atoms with E-state index in [4.69, 9.17) is 4.74 Å². The van der Waals surface area contributed by atoms with Gasteiger partial charge in [0.2, 0.25) is 5.91 Å². The van der Waals surface area contributed by atoms with Crippen LogP contribution in [-0.4, -0.2) is 66.5 Å². The summed E-state index contributed by atoms with van der Waals surface area (Å²) < 4.78 is 5.69. The number of ether oxygens (including phenoxy) is 1. The fourth-order valence-corrected chi connectivity index (χ4v) is 3.84. The van der Waals surface area contributed by atoms with Gasteiger partial charge in [0.25, 0.3) is 5.91 Å². The number of anilines is 1. The number of nitrogens with one attached hydrogen (secondary N) is 1. The van der Waals surface area contributed by atoms with E-state index >= 15 is 0 Å². The minimum atomic E-state index is 0.0353. The SMILES string of the molecule is Cc1cccc(NCC(=O)N2CC(C)OC(C)C2)c1C(=O)N1CCCC1. The predicted octanol–water partition coefficient (Wildman–Crippen LogP) is 2.28. The first-order valence-corrected chi connectivity index (χ1v) is 9.51. The molecule has 2 amide bonds. The highest BCUT2D eigenvalue weighted by molar-refractivity contribution is 6.01. The fraction of sp³-hybridized carbons (Fsp3) is 0.600. The standard InChI is InChI=1S/C20H29N3O3/c1-14-7-6-8-17(19(14)20(25)22-9-4-5-10-22)21-11-18(24)23-12-15(2)26-16(3)13-23/h6-8,15-16,21H,4-5,9-13H2,1-3H3. The van der Waals surface area contributed by atoms with Crippen LogP contribution in [0.1, 0.15) is 42.6 Å². The zero-order valence-corrected chi connectivity index (χ0v) is 16.0. The molecule has 26 heavy (non-hydrogen) atoms. The Labute approximate surface area is 155 Å². The molecule has 0 radical (unpaired) electrons. The molecule has 6 nitrogen and oxygen atoms in total. The van der Waals surface area contributed by atoms with Crippen LogP contribution in [0.15, 0.2) is 18.2 Å². The highest BCUT2D eigenvalue weighted by atomic mass is 16.5. The van der Waals surface area contributed by atoms with Crippen LogP contribution in [0.5, 0.6) is 0 Å². The highest BCUT2D eigenvalue weighted by Crippen LogP contribution is 2.23. The van der Waals surface area contributed by atoms with Gasteiger partial charge in [-0.3, -0.25) is 9.59 Å². The summed E-state index contributed by atoms with van der Waals surface area (Å²) in [4.78, 5) is 29.2. The van der Waals surface area contributed by atoms with Crippen molar-refractivity contribution in [1.29, 1.82) is 0 Å². The molecule has 2 fully saturated rings. The third-order valence-electron chi connectivity index (χ3n) is 5.08. The van der Waals surface area contributed by atoms with Gasteiger partial charge in [0.05, 0.1) is 24.3 Å². The predicted molar refractivity (Wildman–Crippen MR) is 101 cm³/mol. The molecule has 2 aliphatic rings. The molecule has 0 spiro atoms. The molecule has 2 aliphatic heterocycles. The summed E-state index contributed by atoms with van der Waals surface area (Å²) in [6, 6.07) is 5.75. The average Bonchev–Trinajstić information content (AvgIpc) is 3.13. The van der Waals surface area contributed by atoms with Gasteiger partial charge in [-0.2, -0.15) is 0 Å². The molecule has 3 rings (SSSR count). The Kier molecular flexibility index (Phi) is 5.81. The molecular formula is C20H29N3O3. The monoisotopic (exact) mass is 359 g/mol. The quantitative estimate of drug-likeness (QED) is 0.896. The normalized spacial score (nSPS) is 23.2. The van der Waals surface area contributed by atoms with Crippen LogP contribution in [0.2, 0.25) is 0 Å². The maximum atomic E-state index is 12.9. The Balaban J connectivity index is 1.69. The molecule has 1 aromatic rings. The molecule has 2 atom stereocenters. The number of morpholine rings is 1. The van der Waals surface area contributed by atoms with Crippen LogP contribution < -0.4 is 5.32 Å². The number of aryl methyl sites for hydroxylation is 1. The van der Waals surface area contributed by atoms with Crippen molar-refractivity contribution in [2.75, 3.05) is 38.0 Å². The van der Waals surface area contributed by atoms with Crippen LogP contribution in [0, 0.1) is 6.92 Å². The number of rotatable bonds is 4. The van der Waals surface area contributed by atoms with Crippen LogP contribution in [0.25, 0.3) is 0 Å². The van der Waals surface area contributed by atoms with Crippen molar-refractivity contribution in [1.82, 2.24) is 9.80 Å². The summed E-state index contributed by atoms with van der Waals surface area (Å²) in [5.74, 6) is 0.0947. The summed E-state index contributed by atoms with van der Waals surface area (Å²) in [5.41, 5.74) is 2.36. The van der Waals surface area contributed by atoms with Gasteiger partial charge in [-0.05, 0) is 45.2 Å². The van der Waals surface area contributed by atoms with E-state index in [1.807, 2.05) is 48.8 Å². The van der Waals surface area contributed by atoms with E-state index in [-0.39, 0.29) is 30.6 Å². The van der Waals surface area contributed by atoms with Crippen LogP contribution >= 0.6 is 0 Å². The third kappa shape index (κ3) is 4.18. The van der Waals surface area contributed by atoms with E-state index in [0.717, 1.165) is 37.2 Å². The number of hydrogen-bond donors (Lipinski definition) is 1. The van der Waals surface area contributed by atoms with E-state index in [1.54, 1.807) is 0 Å². The largest absolute Gasteiger partial charge is 0.375 e. The molecule has 2 unspecified atom stereocenters. The molecule has 2 heterocycles. The van der Waals surface area contributed by atoms with E-state index < -0.39 is 0 Å². The van der Waals surface area contributed by atoms with Crippen LogP contribution in [0.4, 0.5) is 5.69 Å². The molecule has 0 bridgehead atoms. The lowest BCUT2D eigenvalue weighted by atomic mass is 10.0. The van der Waals surface area contributed by atoms with E-state index in [0.29, 0.717) is 18.7 Å². The van der Waals surface area contributed by atoms with E-state index in [1.165, 1.54) is 0 Å². The summed E-state index contributed by atoms with van der Waals surface area (Å²) in [6.07, 6.45) is 2.22. The molecule has 1 aromatic carbocycles. The Morgan fingerprint density at radius 1 is 1.12 bits per heavy atom. The first-order valence-electron chi connectivity index (χ1n) is 9.51. The Morgan fingerprint density at radius 2 is 1.77 bits per heavy atom. The van der Waals surface area contributed by atoms with Gasteiger partial charge in [0.1, 0.15) is 0 Å². The Hall–Kier alpha value is -2.08. The number of likely N-dealkylation sites (tertiary alicyclic amines) is 1. The topological polar surface area (TPSA) is 61.9 Å². The minimum Gasteiger partial charge on any atom is -0.375 e. The van der Waals surface area contributed by atoms with Gasteiger partial charge in [-0.25, -0.2) is 0 Å². The maximum absolute atomic E-state index is 12.9. The number of nitrogens with zero attached hydrogens (tertiary/aromatic N) is 2. The first kappa shape index (κ1) is 18.7. The van der Waals surface area contributed by atoms with Crippen molar-refractivity contribution >= 4 is 17.5 Å². The highest BCUT2D eigenvalue weighted by Gasteiger charge is 2.27. The summed E-state index contributed by atoms with van der Waals surface area (Å²) in [7, 11) is 0. The van der Waals surface area contributed by atoms with Crippen molar-refractivity contribution in [3.8, 4) is 0 Å². The molecule has 6 heteroatoms. The lowest BCUT2D eigenvalue weighted by Gasteiger charge is -2.35. The lowest BCUT2D eigenvalue weighted by Crippen LogP contribution is -2.49. The number of hydrogen-bond acceptors (Lipinski definition) is 4. The minimum absolute atomic E-state index is 0.0353. The number of carbonyl (C=O) groups excluding carboxylic acids is 2. The molecular weight excluding hydrogens is 330 g/mol. The fourth-order valence-electron chi connectivity index (χ4n) is 3.84. The second kappa shape index (κ2) is 8.08. The van der Waals surface area contributed by atoms with Crippen LogP contribution in [-0.2, 0) is 9.53 Å². The second-order valence-electron chi connectivity index (χ2n) is 7.41. The second-order valence-corrected chi connectivity index (χ2v) is 7.41. The van der Waals surface area contributed by atoms with Crippen molar-refractivity contribution in [2.45, 2.75) is 45.8 Å². The van der Waals surface area contributed by atoms with E-state index in [2.05, 4.69) is 5.32 Å². The average molecular weight is 359 g/mol. The molecule has 0 aromatic heterocycles. The third-order valence-corrected chi connectivity index (χ3v) is 5.08. The number of amides is 2. The smallest absolute Gasteiger partial charge is 0.256 e. The van der Waals surface area contributed by atoms with Crippen molar-refractivity contribution in [3.63, 3.8) is 0 Å². The molecule has 142 valence electrons. The van der Waals surface area contributed by atoms with Crippen molar-refractivity contribution in [3.05, 3.63) is 29.3 Å².